The fourth-order valence-corrected chi connectivity index (χ4v) is 4.75. The first kappa shape index (κ1) is 19.8. The van der Waals surface area contributed by atoms with Crippen LogP contribution in [0.25, 0.3) is 11.0 Å². The highest BCUT2D eigenvalue weighted by Crippen LogP contribution is 2.18. The summed E-state index contributed by atoms with van der Waals surface area (Å²) in [5.41, 5.74) is 2.86. The molecule has 1 aliphatic heterocycles. The van der Waals surface area contributed by atoms with Gasteiger partial charge in [-0.1, -0.05) is 0 Å². The number of carbonyl (C=O) groups excluding carboxylic acids is 1. The SMILES string of the molecule is CCn1nc(C)c2c1cnn2CCC(=O)N1CCN(S(=O)(=O)C(C)C)CC1. The van der Waals surface area contributed by atoms with Gasteiger partial charge in [0.25, 0.3) is 0 Å². The number of hydrogen-bond acceptors (Lipinski definition) is 5. The van der Waals surface area contributed by atoms with Gasteiger partial charge in [-0.05, 0) is 27.7 Å². The molecule has 0 unspecified atom stereocenters. The van der Waals surface area contributed by atoms with Gasteiger partial charge in [-0.2, -0.15) is 14.5 Å². The molecule has 0 spiro atoms. The van der Waals surface area contributed by atoms with Gasteiger partial charge < -0.3 is 4.90 Å². The first-order chi connectivity index (χ1) is 12.8. The van der Waals surface area contributed by atoms with Crippen LogP contribution in [0.4, 0.5) is 0 Å². The average molecular weight is 397 g/mol. The van der Waals surface area contributed by atoms with Gasteiger partial charge >= 0.3 is 0 Å². The smallest absolute Gasteiger partial charge is 0.224 e. The minimum Gasteiger partial charge on any atom is -0.340 e. The van der Waals surface area contributed by atoms with E-state index in [1.54, 1.807) is 24.9 Å². The Morgan fingerprint density at radius 3 is 2.44 bits per heavy atom. The van der Waals surface area contributed by atoms with Crippen molar-refractivity contribution in [3.63, 3.8) is 0 Å². The average Bonchev–Trinajstić information content (AvgIpc) is 3.20. The molecule has 1 saturated heterocycles. The van der Waals surface area contributed by atoms with E-state index in [0.29, 0.717) is 39.1 Å². The third-order valence-corrected chi connectivity index (χ3v) is 7.37. The molecule has 27 heavy (non-hydrogen) atoms. The summed E-state index contributed by atoms with van der Waals surface area (Å²) < 4.78 is 29.7. The van der Waals surface area contributed by atoms with E-state index in [-0.39, 0.29) is 5.91 Å². The lowest BCUT2D eigenvalue weighted by atomic mass is 10.3. The molecule has 0 aliphatic carbocycles. The first-order valence-electron chi connectivity index (χ1n) is 9.41. The Morgan fingerprint density at radius 1 is 1.19 bits per heavy atom. The van der Waals surface area contributed by atoms with Crippen LogP contribution in [0.5, 0.6) is 0 Å². The summed E-state index contributed by atoms with van der Waals surface area (Å²) in [6.07, 6.45) is 2.13. The van der Waals surface area contributed by atoms with Crippen LogP contribution in [0.3, 0.4) is 0 Å². The van der Waals surface area contributed by atoms with Crippen molar-refractivity contribution in [2.75, 3.05) is 26.2 Å². The molecule has 9 nitrogen and oxygen atoms in total. The zero-order chi connectivity index (χ0) is 19.8. The van der Waals surface area contributed by atoms with E-state index in [1.807, 2.05) is 23.2 Å². The van der Waals surface area contributed by atoms with Gasteiger partial charge in [-0.25, -0.2) is 8.42 Å². The molecule has 2 aromatic heterocycles. The molecular formula is C17H28N6O3S. The highest BCUT2D eigenvalue weighted by molar-refractivity contribution is 7.89. The van der Waals surface area contributed by atoms with Crippen LogP contribution in [-0.4, -0.2) is 74.5 Å². The molecule has 0 bridgehead atoms. The van der Waals surface area contributed by atoms with Crippen LogP contribution in [0.15, 0.2) is 6.20 Å². The summed E-state index contributed by atoms with van der Waals surface area (Å²) in [6, 6.07) is 0. The molecule has 0 radical (unpaired) electrons. The maximum Gasteiger partial charge on any atom is 0.224 e. The summed E-state index contributed by atoms with van der Waals surface area (Å²) in [5.74, 6) is 0.0285. The van der Waals surface area contributed by atoms with Crippen LogP contribution < -0.4 is 0 Å². The van der Waals surface area contributed by atoms with Crippen molar-refractivity contribution in [2.45, 2.75) is 52.5 Å². The van der Waals surface area contributed by atoms with Crippen LogP contribution in [-0.2, 0) is 27.9 Å². The molecule has 1 aliphatic rings. The van der Waals surface area contributed by atoms with Gasteiger partial charge in [-0.3, -0.25) is 14.2 Å². The maximum absolute atomic E-state index is 12.6. The molecule has 3 rings (SSSR count). The number of nitrogens with zero attached hydrogens (tertiary/aromatic N) is 6. The van der Waals surface area contributed by atoms with Crippen LogP contribution in [0.1, 0.15) is 32.9 Å². The lowest BCUT2D eigenvalue weighted by molar-refractivity contribution is -0.132. The van der Waals surface area contributed by atoms with Crippen molar-refractivity contribution in [3.05, 3.63) is 11.9 Å². The molecule has 10 heteroatoms. The maximum atomic E-state index is 12.6. The van der Waals surface area contributed by atoms with Gasteiger partial charge in [0.15, 0.2) is 0 Å². The minimum absolute atomic E-state index is 0.0285. The third-order valence-electron chi connectivity index (χ3n) is 5.10. The van der Waals surface area contributed by atoms with Crippen molar-refractivity contribution >= 4 is 27.0 Å². The van der Waals surface area contributed by atoms with Crippen molar-refractivity contribution in [2.24, 2.45) is 0 Å². The van der Waals surface area contributed by atoms with E-state index in [9.17, 15) is 13.2 Å². The van der Waals surface area contributed by atoms with E-state index in [2.05, 4.69) is 10.2 Å². The van der Waals surface area contributed by atoms with Crippen LogP contribution in [0.2, 0.25) is 0 Å². The third kappa shape index (κ3) is 3.73. The van der Waals surface area contributed by atoms with Gasteiger partial charge in [-0.15, -0.1) is 0 Å². The second kappa shape index (κ2) is 7.59. The molecule has 0 saturated carbocycles. The molecule has 3 heterocycles. The van der Waals surface area contributed by atoms with Gasteiger partial charge in [0.1, 0.15) is 11.0 Å². The molecule has 150 valence electrons. The number of rotatable bonds is 6. The summed E-state index contributed by atoms with van der Waals surface area (Å²) in [7, 11) is -3.25. The van der Waals surface area contributed by atoms with E-state index in [1.165, 1.54) is 4.31 Å². The molecule has 1 fully saturated rings. The number of hydrogen-bond donors (Lipinski definition) is 0. The van der Waals surface area contributed by atoms with E-state index >= 15 is 0 Å². The lowest BCUT2D eigenvalue weighted by Crippen LogP contribution is -2.52. The van der Waals surface area contributed by atoms with Crippen LogP contribution in [0, 0.1) is 6.92 Å². The first-order valence-corrected chi connectivity index (χ1v) is 10.9. The Hall–Kier alpha value is -1.94. The van der Waals surface area contributed by atoms with Gasteiger partial charge in [0, 0.05) is 39.1 Å². The van der Waals surface area contributed by atoms with Crippen molar-refractivity contribution < 1.29 is 13.2 Å². The second-order valence-electron chi connectivity index (χ2n) is 7.13. The predicted octanol–water partition coefficient (Wildman–Crippen LogP) is 0.834. The topological polar surface area (TPSA) is 93.3 Å². The number of piperazine rings is 1. The lowest BCUT2D eigenvalue weighted by Gasteiger charge is -2.35. The largest absolute Gasteiger partial charge is 0.340 e. The van der Waals surface area contributed by atoms with E-state index < -0.39 is 15.3 Å². The second-order valence-corrected chi connectivity index (χ2v) is 9.62. The number of aromatic nitrogens is 4. The highest BCUT2D eigenvalue weighted by Gasteiger charge is 2.30. The number of carbonyl (C=O) groups is 1. The Kier molecular flexibility index (Phi) is 5.57. The van der Waals surface area contributed by atoms with E-state index in [0.717, 1.165) is 23.3 Å². The summed E-state index contributed by atoms with van der Waals surface area (Å²) in [5, 5.41) is 8.46. The van der Waals surface area contributed by atoms with Crippen LogP contribution >= 0.6 is 0 Å². The Bertz CT molecular complexity index is 922. The quantitative estimate of drug-likeness (QED) is 0.721. The minimum atomic E-state index is -3.25. The number of sulfonamides is 1. The van der Waals surface area contributed by atoms with Gasteiger partial charge in [0.2, 0.25) is 15.9 Å². The zero-order valence-electron chi connectivity index (χ0n) is 16.4. The summed E-state index contributed by atoms with van der Waals surface area (Å²) >= 11 is 0. The van der Waals surface area contributed by atoms with Crippen molar-refractivity contribution in [1.29, 1.82) is 0 Å². The van der Waals surface area contributed by atoms with E-state index in [4.69, 9.17) is 0 Å². The monoisotopic (exact) mass is 396 g/mol. The fourth-order valence-electron chi connectivity index (χ4n) is 3.48. The Morgan fingerprint density at radius 2 is 1.85 bits per heavy atom. The van der Waals surface area contributed by atoms with Crippen molar-refractivity contribution in [1.82, 2.24) is 28.8 Å². The van der Waals surface area contributed by atoms with Crippen molar-refractivity contribution in [3.8, 4) is 0 Å². The molecule has 2 aromatic rings. The number of amides is 1. The molecule has 0 atom stereocenters. The predicted molar refractivity (Wildman–Crippen MR) is 103 cm³/mol. The fraction of sp³-hybridized carbons (Fsp3) is 0.706. The molecular weight excluding hydrogens is 368 g/mol. The highest BCUT2D eigenvalue weighted by atomic mass is 32.2. The zero-order valence-corrected chi connectivity index (χ0v) is 17.2. The Labute approximate surface area is 160 Å². The molecule has 1 amide bonds. The van der Waals surface area contributed by atoms with Gasteiger partial charge in [0.05, 0.1) is 23.7 Å². The summed E-state index contributed by atoms with van der Waals surface area (Å²) in [6.45, 7) is 10.2. The number of fused-ring (bicyclic) bond motifs is 1. The normalized spacial score (nSPS) is 16.6. The number of aryl methyl sites for hydroxylation is 3. The molecule has 0 aromatic carbocycles. The Balaban J connectivity index is 1.59. The standard InChI is InChI=1S/C17H28N6O3S/c1-5-22-15-12-18-23(17(15)14(4)19-22)7-6-16(24)20-8-10-21(11-9-20)27(25,26)13(2)3/h12-13H,5-11H2,1-4H3. The summed E-state index contributed by atoms with van der Waals surface area (Å²) in [4.78, 5) is 14.3. The molecule has 0 N–H and O–H groups in total.